The molecule has 34 heavy (non-hydrogen) atoms. The van der Waals surface area contributed by atoms with E-state index >= 15 is 0 Å². The third-order valence-electron chi connectivity index (χ3n) is 6.99. The zero-order chi connectivity index (χ0) is 23.5. The number of amides is 2. The van der Waals surface area contributed by atoms with E-state index in [0.717, 1.165) is 29.7 Å². The molecular weight excluding hydrogens is 430 g/mol. The van der Waals surface area contributed by atoms with E-state index in [4.69, 9.17) is 9.47 Å². The first-order valence-electron chi connectivity index (χ1n) is 12.7. The fourth-order valence-electron chi connectivity index (χ4n) is 5.06. The number of aromatic nitrogens is 1. The van der Waals surface area contributed by atoms with Crippen molar-refractivity contribution >= 4 is 17.6 Å². The average Bonchev–Trinajstić information content (AvgIpc) is 3.34. The van der Waals surface area contributed by atoms with Crippen molar-refractivity contribution < 1.29 is 19.1 Å². The number of carbonyl (C=O) groups is 2. The van der Waals surface area contributed by atoms with Gasteiger partial charge in [0.05, 0.1) is 12.0 Å². The SMILES string of the molecule is CCCCCCCCCC(=O)N[C@@H]1C2Oc3ccc(Oc4ccnc5c4CCC(=O)N5)cc3[C@H]21. The molecule has 1 aliphatic carbocycles. The van der Waals surface area contributed by atoms with E-state index in [0.29, 0.717) is 36.6 Å². The summed E-state index contributed by atoms with van der Waals surface area (Å²) in [6.07, 6.45) is 11.7. The van der Waals surface area contributed by atoms with Gasteiger partial charge < -0.3 is 20.1 Å². The Kier molecular flexibility index (Phi) is 6.70. The molecular formula is C27H33N3O4. The predicted octanol–water partition coefficient (Wildman–Crippen LogP) is 5.24. The van der Waals surface area contributed by atoms with Crippen LogP contribution in [0.1, 0.15) is 81.8 Å². The van der Waals surface area contributed by atoms with Crippen molar-refractivity contribution in [2.45, 2.75) is 89.2 Å². The number of ether oxygens (including phenoxy) is 2. The molecule has 2 aromatic rings. The van der Waals surface area contributed by atoms with Gasteiger partial charge in [0.2, 0.25) is 11.8 Å². The maximum absolute atomic E-state index is 12.4. The first-order valence-corrected chi connectivity index (χ1v) is 12.7. The third-order valence-corrected chi connectivity index (χ3v) is 6.99. The maximum atomic E-state index is 12.4. The lowest BCUT2D eigenvalue weighted by Crippen LogP contribution is -2.29. The van der Waals surface area contributed by atoms with Crippen molar-refractivity contribution in [3.8, 4) is 17.2 Å². The summed E-state index contributed by atoms with van der Waals surface area (Å²) in [5.41, 5.74) is 2.00. The van der Waals surface area contributed by atoms with Crippen LogP contribution in [0.15, 0.2) is 30.5 Å². The lowest BCUT2D eigenvalue weighted by molar-refractivity contribution is -0.121. The zero-order valence-corrected chi connectivity index (χ0v) is 19.8. The number of benzene rings is 1. The van der Waals surface area contributed by atoms with Crippen LogP contribution in [0.5, 0.6) is 17.2 Å². The van der Waals surface area contributed by atoms with E-state index in [2.05, 4.69) is 22.5 Å². The molecule has 1 fully saturated rings. The van der Waals surface area contributed by atoms with Gasteiger partial charge in [-0.1, -0.05) is 45.4 Å². The van der Waals surface area contributed by atoms with E-state index in [1.165, 1.54) is 32.1 Å². The molecule has 2 amide bonds. The summed E-state index contributed by atoms with van der Waals surface area (Å²) in [4.78, 5) is 28.3. The van der Waals surface area contributed by atoms with Gasteiger partial charge in [-0.15, -0.1) is 0 Å². The quantitative estimate of drug-likeness (QED) is 0.445. The van der Waals surface area contributed by atoms with Gasteiger partial charge in [-0.25, -0.2) is 4.98 Å². The first kappa shape index (κ1) is 22.7. The van der Waals surface area contributed by atoms with Crippen LogP contribution in [0.3, 0.4) is 0 Å². The Bertz CT molecular complexity index is 1070. The Hall–Kier alpha value is -3.09. The second kappa shape index (κ2) is 10.0. The number of hydrogen-bond acceptors (Lipinski definition) is 5. The number of fused-ring (bicyclic) bond motifs is 4. The minimum atomic E-state index is -0.0216. The van der Waals surface area contributed by atoms with Crippen LogP contribution in [0.4, 0.5) is 5.82 Å². The Labute approximate surface area is 200 Å². The molecule has 0 saturated heterocycles. The monoisotopic (exact) mass is 463 g/mol. The molecule has 3 aliphatic rings. The van der Waals surface area contributed by atoms with Crippen molar-refractivity contribution in [3.63, 3.8) is 0 Å². The maximum Gasteiger partial charge on any atom is 0.225 e. The van der Waals surface area contributed by atoms with E-state index in [-0.39, 0.29) is 29.9 Å². The summed E-state index contributed by atoms with van der Waals surface area (Å²) in [6, 6.07) is 7.71. The Morgan fingerprint density at radius 1 is 1.15 bits per heavy atom. The largest absolute Gasteiger partial charge is 0.487 e. The van der Waals surface area contributed by atoms with Gasteiger partial charge in [0.25, 0.3) is 0 Å². The number of rotatable bonds is 11. The molecule has 7 nitrogen and oxygen atoms in total. The molecule has 180 valence electrons. The van der Waals surface area contributed by atoms with Crippen LogP contribution in [0.25, 0.3) is 0 Å². The lowest BCUT2D eigenvalue weighted by Gasteiger charge is -2.19. The number of nitrogens with zero attached hydrogens (tertiary/aromatic N) is 1. The minimum absolute atomic E-state index is 0.0205. The zero-order valence-electron chi connectivity index (χ0n) is 19.8. The molecule has 3 heterocycles. The molecule has 1 aromatic heterocycles. The molecule has 5 rings (SSSR count). The summed E-state index contributed by atoms with van der Waals surface area (Å²) < 4.78 is 12.2. The van der Waals surface area contributed by atoms with Crippen LogP contribution < -0.4 is 20.1 Å². The van der Waals surface area contributed by atoms with Crippen LogP contribution in [-0.2, 0) is 16.0 Å². The van der Waals surface area contributed by atoms with Gasteiger partial charge >= 0.3 is 0 Å². The van der Waals surface area contributed by atoms with E-state index in [9.17, 15) is 9.59 Å². The number of anilines is 1. The topological polar surface area (TPSA) is 89.6 Å². The smallest absolute Gasteiger partial charge is 0.225 e. The molecule has 2 N–H and O–H groups in total. The van der Waals surface area contributed by atoms with Crippen molar-refractivity contribution in [2.24, 2.45) is 0 Å². The normalized spacial score (nSPS) is 21.6. The van der Waals surface area contributed by atoms with Crippen LogP contribution in [-0.4, -0.2) is 28.9 Å². The van der Waals surface area contributed by atoms with Gasteiger partial charge in [0.1, 0.15) is 29.2 Å². The van der Waals surface area contributed by atoms with Crippen LogP contribution in [0.2, 0.25) is 0 Å². The number of pyridine rings is 1. The molecule has 0 spiro atoms. The van der Waals surface area contributed by atoms with E-state index in [1.54, 1.807) is 6.20 Å². The number of nitrogens with one attached hydrogen (secondary N) is 2. The molecule has 0 bridgehead atoms. The summed E-state index contributed by atoms with van der Waals surface area (Å²) in [7, 11) is 0. The highest BCUT2D eigenvalue weighted by atomic mass is 16.5. The summed E-state index contributed by atoms with van der Waals surface area (Å²) in [5, 5.41) is 5.97. The van der Waals surface area contributed by atoms with E-state index < -0.39 is 0 Å². The second-order valence-electron chi connectivity index (χ2n) is 9.56. The Morgan fingerprint density at radius 3 is 2.82 bits per heavy atom. The highest BCUT2D eigenvalue weighted by molar-refractivity contribution is 5.93. The Balaban J connectivity index is 1.14. The van der Waals surface area contributed by atoms with Crippen LogP contribution in [0, 0.1) is 0 Å². The van der Waals surface area contributed by atoms with Crippen molar-refractivity contribution in [3.05, 3.63) is 41.6 Å². The van der Waals surface area contributed by atoms with Gasteiger partial charge in [-0.05, 0) is 37.1 Å². The minimum Gasteiger partial charge on any atom is -0.487 e. The van der Waals surface area contributed by atoms with Gasteiger partial charge in [0, 0.05) is 30.2 Å². The van der Waals surface area contributed by atoms with Gasteiger partial charge in [-0.2, -0.15) is 0 Å². The molecule has 2 aliphatic heterocycles. The molecule has 7 heteroatoms. The molecule has 0 radical (unpaired) electrons. The molecule has 3 atom stereocenters. The van der Waals surface area contributed by atoms with Gasteiger partial charge in [-0.3, -0.25) is 9.59 Å². The summed E-state index contributed by atoms with van der Waals surface area (Å²) >= 11 is 0. The van der Waals surface area contributed by atoms with Crippen molar-refractivity contribution in [1.29, 1.82) is 0 Å². The molecule has 1 unspecified atom stereocenters. The highest BCUT2D eigenvalue weighted by Crippen LogP contribution is 2.54. The second-order valence-corrected chi connectivity index (χ2v) is 9.56. The van der Waals surface area contributed by atoms with Crippen molar-refractivity contribution in [1.82, 2.24) is 10.3 Å². The molecule has 1 aromatic carbocycles. The first-order chi connectivity index (χ1) is 16.6. The predicted molar refractivity (Wildman–Crippen MR) is 129 cm³/mol. The number of hydrogen-bond donors (Lipinski definition) is 2. The average molecular weight is 464 g/mol. The third kappa shape index (κ3) is 4.88. The summed E-state index contributed by atoms with van der Waals surface area (Å²) in [6.45, 7) is 2.22. The number of unbranched alkanes of at least 4 members (excludes halogenated alkanes) is 6. The van der Waals surface area contributed by atoms with Crippen LogP contribution >= 0.6 is 0 Å². The Morgan fingerprint density at radius 2 is 1.97 bits per heavy atom. The molecule has 1 saturated carbocycles. The van der Waals surface area contributed by atoms with Gasteiger partial charge in [0.15, 0.2) is 0 Å². The number of carbonyl (C=O) groups excluding carboxylic acids is 2. The highest BCUT2D eigenvalue weighted by Gasteiger charge is 2.59. The fourth-order valence-corrected chi connectivity index (χ4v) is 5.06. The summed E-state index contributed by atoms with van der Waals surface area (Å²) in [5.74, 6) is 3.14. The van der Waals surface area contributed by atoms with E-state index in [1.807, 2.05) is 24.3 Å². The standard InChI is InChI=1S/C27H33N3O4/c1-2-3-4-5-6-7-8-9-22(31)29-25-24-19-16-17(10-12-20(19)34-26(24)25)33-21-14-15-28-27-18(21)11-13-23(32)30-27/h10,12,14-16,24-26H,2-9,11,13H2,1H3,(H,29,31)(H,28,30,32)/t24-,25-,26?/m0/s1. The fraction of sp³-hybridized carbons (Fsp3) is 0.519. The lowest BCUT2D eigenvalue weighted by atomic mass is 10.1. The van der Waals surface area contributed by atoms with Crippen molar-refractivity contribution in [2.75, 3.05) is 5.32 Å².